The first-order chi connectivity index (χ1) is 8.81. The van der Waals surface area contributed by atoms with Gasteiger partial charge in [-0.3, -0.25) is 0 Å². The van der Waals surface area contributed by atoms with Crippen LogP contribution >= 0.6 is 0 Å². The average molecular weight is 241 g/mol. The first-order valence-electron chi connectivity index (χ1n) is 7.10. The maximum atomic E-state index is 12.2. The first kappa shape index (κ1) is 10.8. The summed E-state index contributed by atoms with van der Waals surface area (Å²) >= 11 is 0. The molecule has 1 aromatic rings. The third-order valence-corrected chi connectivity index (χ3v) is 5.36. The molecule has 1 aromatic carbocycles. The van der Waals surface area contributed by atoms with Crippen molar-refractivity contribution in [2.75, 3.05) is 6.54 Å². The molecule has 1 unspecified atom stereocenters. The standard InChI is InChI=1S/C16H19NO/c18-17-10-9-16-8-4-3-7-14(16)15(17)11-12-5-1-2-6-13(12)16/h1-2,4-6,8,14-15,17H,3,7,9-11H2/t14-,15+,16-/m0/s1. The van der Waals surface area contributed by atoms with Gasteiger partial charge in [0, 0.05) is 24.2 Å². The van der Waals surface area contributed by atoms with E-state index in [0.29, 0.717) is 17.0 Å². The highest BCUT2D eigenvalue weighted by Crippen LogP contribution is 2.49. The van der Waals surface area contributed by atoms with Crippen LogP contribution in [0.1, 0.15) is 30.4 Å². The summed E-state index contributed by atoms with van der Waals surface area (Å²) in [6, 6.07) is 9.08. The molecule has 2 heteroatoms. The number of hydrogen-bond donors (Lipinski definition) is 1. The minimum atomic E-state index is 0.186. The SMILES string of the molecule is [O-][NH+]1CC[C@]23C=CCC[C@H]2[C@H]1Cc1ccccc13. The van der Waals surface area contributed by atoms with Gasteiger partial charge in [0.05, 0.1) is 12.6 Å². The van der Waals surface area contributed by atoms with Crippen molar-refractivity contribution in [3.05, 3.63) is 52.8 Å². The Hall–Kier alpha value is -1.12. The van der Waals surface area contributed by atoms with E-state index in [0.717, 1.165) is 25.8 Å². The largest absolute Gasteiger partial charge is 0.634 e. The second-order valence-corrected chi connectivity index (χ2v) is 6.06. The minimum absolute atomic E-state index is 0.186. The van der Waals surface area contributed by atoms with Gasteiger partial charge >= 0.3 is 0 Å². The van der Waals surface area contributed by atoms with E-state index in [1.165, 1.54) is 17.5 Å². The molecular formula is C16H19NO. The molecule has 2 aliphatic carbocycles. The first-order valence-corrected chi connectivity index (χ1v) is 7.10. The maximum Gasteiger partial charge on any atom is 0.0953 e. The van der Waals surface area contributed by atoms with Crippen molar-refractivity contribution in [1.82, 2.24) is 0 Å². The van der Waals surface area contributed by atoms with Gasteiger partial charge in [-0.05, 0) is 24.0 Å². The fraction of sp³-hybridized carbons (Fsp3) is 0.500. The molecule has 2 bridgehead atoms. The molecule has 0 radical (unpaired) electrons. The highest BCUT2D eigenvalue weighted by atomic mass is 16.5. The molecule has 2 nitrogen and oxygen atoms in total. The number of quaternary nitrogens is 1. The molecular weight excluding hydrogens is 222 g/mol. The molecule has 1 N–H and O–H groups in total. The zero-order chi connectivity index (χ0) is 12.2. The Morgan fingerprint density at radius 3 is 3.11 bits per heavy atom. The van der Waals surface area contributed by atoms with E-state index < -0.39 is 0 Å². The summed E-state index contributed by atoms with van der Waals surface area (Å²) in [5, 5.41) is 12.8. The molecule has 1 heterocycles. The van der Waals surface area contributed by atoms with E-state index in [1.54, 1.807) is 0 Å². The molecule has 0 saturated carbocycles. The van der Waals surface area contributed by atoms with Crippen LogP contribution in [0.15, 0.2) is 36.4 Å². The highest BCUT2D eigenvalue weighted by molar-refractivity contribution is 5.44. The summed E-state index contributed by atoms with van der Waals surface area (Å²) < 4.78 is 0. The van der Waals surface area contributed by atoms with Crippen LogP contribution in [0.25, 0.3) is 0 Å². The van der Waals surface area contributed by atoms with Gasteiger partial charge in [0.15, 0.2) is 0 Å². The smallest absolute Gasteiger partial charge is 0.0953 e. The summed E-state index contributed by atoms with van der Waals surface area (Å²) in [6.45, 7) is 0.778. The van der Waals surface area contributed by atoms with E-state index >= 15 is 0 Å². The third kappa shape index (κ3) is 1.25. The molecule has 0 aromatic heterocycles. The number of hydroxylamine groups is 2. The number of allylic oxidation sites excluding steroid dienone is 2. The van der Waals surface area contributed by atoms with Crippen LogP contribution in [-0.2, 0) is 11.8 Å². The quantitative estimate of drug-likeness (QED) is 0.542. The molecule has 18 heavy (non-hydrogen) atoms. The van der Waals surface area contributed by atoms with Gasteiger partial charge in [-0.25, -0.2) is 0 Å². The van der Waals surface area contributed by atoms with E-state index in [-0.39, 0.29) is 5.41 Å². The van der Waals surface area contributed by atoms with Crippen molar-refractivity contribution < 1.29 is 5.06 Å². The zero-order valence-corrected chi connectivity index (χ0v) is 10.6. The van der Waals surface area contributed by atoms with Crippen molar-refractivity contribution in [2.45, 2.75) is 37.1 Å². The van der Waals surface area contributed by atoms with Gasteiger partial charge in [0.1, 0.15) is 0 Å². The minimum Gasteiger partial charge on any atom is -0.634 e. The van der Waals surface area contributed by atoms with Gasteiger partial charge in [-0.1, -0.05) is 36.4 Å². The monoisotopic (exact) mass is 241 g/mol. The Balaban J connectivity index is 1.95. The molecule has 3 aliphatic rings. The van der Waals surface area contributed by atoms with E-state index in [4.69, 9.17) is 0 Å². The summed E-state index contributed by atoms with van der Waals surface area (Å²) in [4.78, 5) is 0. The van der Waals surface area contributed by atoms with Crippen LogP contribution in [-0.4, -0.2) is 12.6 Å². The van der Waals surface area contributed by atoms with Gasteiger partial charge in [-0.2, -0.15) is 0 Å². The number of nitrogens with one attached hydrogen (secondary N) is 1. The van der Waals surface area contributed by atoms with Crippen molar-refractivity contribution in [3.63, 3.8) is 0 Å². The maximum absolute atomic E-state index is 12.2. The van der Waals surface area contributed by atoms with Crippen LogP contribution in [0.2, 0.25) is 0 Å². The van der Waals surface area contributed by atoms with Crippen LogP contribution in [0.5, 0.6) is 0 Å². The van der Waals surface area contributed by atoms with Gasteiger partial charge < -0.3 is 10.3 Å². The van der Waals surface area contributed by atoms with Crippen molar-refractivity contribution in [1.29, 1.82) is 0 Å². The predicted molar refractivity (Wildman–Crippen MR) is 71.3 cm³/mol. The molecule has 1 aliphatic heterocycles. The Morgan fingerprint density at radius 2 is 2.17 bits per heavy atom. The normalized spacial score (nSPS) is 41.1. The lowest BCUT2D eigenvalue weighted by Gasteiger charge is -2.56. The van der Waals surface area contributed by atoms with E-state index in [1.807, 2.05) is 0 Å². The van der Waals surface area contributed by atoms with Crippen molar-refractivity contribution >= 4 is 0 Å². The van der Waals surface area contributed by atoms with Crippen LogP contribution < -0.4 is 5.06 Å². The number of rotatable bonds is 0. The summed E-state index contributed by atoms with van der Waals surface area (Å²) in [5.74, 6) is 0.568. The van der Waals surface area contributed by atoms with Gasteiger partial charge in [-0.15, -0.1) is 0 Å². The Labute approximate surface area is 108 Å². The fourth-order valence-corrected chi connectivity index (χ4v) is 4.59. The third-order valence-electron chi connectivity index (χ3n) is 5.36. The fourth-order valence-electron chi connectivity index (χ4n) is 4.59. The van der Waals surface area contributed by atoms with E-state index in [9.17, 15) is 5.21 Å². The number of piperidine rings is 1. The zero-order valence-electron chi connectivity index (χ0n) is 10.6. The van der Waals surface area contributed by atoms with Gasteiger partial charge in [0.25, 0.3) is 0 Å². The van der Waals surface area contributed by atoms with Gasteiger partial charge in [0.2, 0.25) is 0 Å². The number of benzene rings is 1. The summed E-state index contributed by atoms with van der Waals surface area (Å²) in [6.07, 6.45) is 9.12. The molecule has 4 rings (SSSR count). The molecule has 1 saturated heterocycles. The second kappa shape index (κ2) is 3.69. The highest BCUT2D eigenvalue weighted by Gasteiger charge is 2.53. The van der Waals surface area contributed by atoms with Crippen LogP contribution in [0.3, 0.4) is 0 Å². The molecule has 1 fully saturated rings. The van der Waals surface area contributed by atoms with Crippen LogP contribution in [0.4, 0.5) is 0 Å². The topological polar surface area (TPSA) is 27.5 Å². The second-order valence-electron chi connectivity index (χ2n) is 6.06. The van der Waals surface area contributed by atoms with Crippen LogP contribution in [0, 0.1) is 11.1 Å². The number of fused-ring (bicyclic) bond motifs is 1. The lowest BCUT2D eigenvalue weighted by atomic mass is 9.55. The Morgan fingerprint density at radius 1 is 1.28 bits per heavy atom. The lowest BCUT2D eigenvalue weighted by Crippen LogP contribution is -3.15. The van der Waals surface area contributed by atoms with Crippen molar-refractivity contribution in [3.8, 4) is 0 Å². The predicted octanol–water partition coefficient (Wildman–Crippen LogP) is 1.60. The Bertz CT molecular complexity index is 510. The summed E-state index contributed by atoms with van der Waals surface area (Å²) in [5.41, 5.74) is 3.11. The number of hydrogen-bond acceptors (Lipinski definition) is 1. The molecule has 0 amide bonds. The lowest BCUT2D eigenvalue weighted by molar-refractivity contribution is -0.889. The molecule has 4 atom stereocenters. The average Bonchev–Trinajstić information content (AvgIpc) is 2.43. The Kier molecular flexibility index (Phi) is 2.21. The summed E-state index contributed by atoms with van der Waals surface area (Å²) in [7, 11) is 0. The molecule has 0 spiro atoms. The molecule has 94 valence electrons. The van der Waals surface area contributed by atoms with E-state index in [2.05, 4.69) is 36.4 Å². The van der Waals surface area contributed by atoms with Crippen molar-refractivity contribution in [2.24, 2.45) is 5.92 Å².